The van der Waals surface area contributed by atoms with Crippen molar-refractivity contribution < 1.29 is 18.8 Å². The van der Waals surface area contributed by atoms with Gasteiger partial charge in [0.15, 0.2) is 0 Å². The fraction of sp³-hybridized carbons (Fsp3) is 0.391. The number of allylic oxidation sites excluding steroid dienone is 2. The van der Waals surface area contributed by atoms with Gasteiger partial charge in [-0.3, -0.25) is 19.9 Å². The van der Waals surface area contributed by atoms with Crippen LogP contribution in [0, 0.1) is 5.82 Å². The van der Waals surface area contributed by atoms with Gasteiger partial charge in [-0.1, -0.05) is 17.7 Å². The summed E-state index contributed by atoms with van der Waals surface area (Å²) in [5, 5.41) is 5.00. The number of rotatable bonds is 7. The van der Waals surface area contributed by atoms with E-state index in [9.17, 15) is 18.8 Å². The van der Waals surface area contributed by atoms with Crippen molar-refractivity contribution in [3.8, 4) is 0 Å². The van der Waals surface area contributed by atoms with Gasteiger partial charge in [0, 0.05) is 44.0 Å². The summed E-state index contributed by atoms with van der Waals surface area (Å²) >= 11 is 5.92. The SMILES string of the molecule is C=N/C=C\C=C(/C)C1(CCC(=O)N2CCN(c3ccc(F)c(Cl)c3)[C@@H](C)C2)NC(=O)NC1=O. The number of nitrogens with zero attached hydrogens (tertiary/aromatic N) is 3. The molecule has 0 aliphatic carbocycles. The zero-order valence-corrected chi connectivity index (χ0v) is 19.4. The number of amides is 4. The average molecular weight is 476 g/mol. The molecule has 2 aliphatic heterocycles. The minimum absolute atomic E-state index is 0.00848. The number of nitrogens with one attached hydrogen (secondary N) is 2. The number of halogens is 2. The summed E-state index contributed by atoms with van der Waals surface area (Å²) < 4.78 is 13.5. The van der Waals surface area contributed by atoms with Gasteiger partial charge in [-0.25, -0.2) is 9.18 Å². The quantitative estimate of drug-likeness (QED) is 0.360. The molecule has 2 heterocycles. The molecule has 2 saturated heterocycles. The number of carbonyl (C=O) groups is 3. The van der Waals surface area contributed by atoms with Crippen molar-refractivity contribution >= 4 is 41.9 Å². The van der Waals surface area contributed by atoms with Gasteiger partial charge in [0.2, 0.25) is 5.91 Å². The number of carbonyl (C=O) groups excluding carboxylic acids is 3. The van der Waals surface area contributed by atoms with E-state index >= 15 is 0 Å². The number of imide groups is 1. The monoisotopic (exact) mass is 475 g/mol. The number of piperazine rings is 1. The summed E-state index contributed by atoms with van der Waals surface area (Å²) in [7, 11) is 0. The highest BCUT2D eigenvalue weighted by molar-refractivity contribution is 6.31. The molecule has 33 heavy (non-hydrogen) atoms. The molecule has 0 aromatic heterocycles. The molecule has 176 valence electrons. The topological polar surface area (TPSA) is 94.1 Å². The van der Waals surface area contributed by atoms with E-state index in [4.69, 9.17) is 11.6 Å². The molecule has 2 aliphatic rings. The van der Waals surface area contributed by atoms with Crippen LogP contribution in [0.1, 0.15) is 26.7 Å². The largest absolute Gasteiger partial charge is 0.365 e. The Kier molecular flexibility index (Phi) is 7.53. The summed E-state index contributed by atoms with van der Waals surface area (Å²) in [4.78, 5) is 44.9. The van der Waals surface area contributed by atoms with Crippen LogP contribution in [-0.2, 0) is 9.59 Å². The zero-order valence-electron chi connectivity index (χ0n) is 18.6. The summed E-state index contributed by atoms with van der Waals surface area (Å²) in [6.07, 6.45) is 4.96. The maximum Gasteiger partial charge on any atom is 0.322 e. The summed E-state index contributed by atoms with van der Waals surface area (Å²) in [5.41, 5.74) is 0.0920. The molecule has 2 atom stereocenters. The lowest BCUT2D eigenvalue weighted by Gasteiger charge is -2.41. The highest BCUT2D eigenvalue weighted by atomic mass is 35.5. The average Bonchev–Trinajstić information content (AvgIpc) is 3.08. The normalized spacial score (nSPS) is 23.6. The molecule has 1 unspecified atom stereocenters. The first-order valence-corrected chi connectivity index (χ1v) is 11.0. The fourth-order valence-electron chi connectivity index (χ4n) is 4.22. The van der Waals surface area contributed by atoms with Gasteiger partial charge in [0.05, 0.1) is 5.02 Å². The van der Waals surface area contributed by atoms with Gasteiger partial charge in [-0.15, -0.1) is 0 Å². The molecule has 4 amide bonds. The van der Waals surface area contributed by atoms with Crippen LogP contribution in [0.4, 0.5) is 14.9 Å². The van der Waals surface area contributed by atoms with Crippen molar-refractivity contribution in [3.05, 3.63) is 53.0 Å². The minimum atomic E-state index is -1.30. The number of benzene rings is 1. The van der Waals surface area contributed by atoms with E-state index in [1.165, 1.54) is 12.3 Å². The highest BCUT2D eigenvalue weighted by Gasteiger charge is 2.47. The Labute approximate surface area is 197 Å². The Bertz CT molecular complexity index is 1030. The number of hydrogen-bond acceptors (Lipinski definition) is 5. The van der Waals surface area contributed by atoms with Gasteiger partial charge in [0.25, 0.3) is 5.91 Å². The number of urea groups is 1. The van der Waals surface area contributed by atoms with E-state index in [1.807, 2.05) is 6.92 Å². The highest BCUT2D eigenvalue weighted by Crippen LogP contribution is 2.29. The lowest BCUT2D eigenvalue weighted by molar-refractivity contribution is -0.132. The fourth-order valence-corrected chi connectivity index (χ4v) is 4.39. The first kappa shape index (κ1) is 24.4. The molecule has 0 saturated carbocycles. The number of anilines is 1. The molecule has 1 aromatic rings. The van der Waals surface area contributed by atoms with Crippen LogP contribution < -0.4 is 15.5 Å². The third kappa shape index (κ3) is 5.24. The molecular weight excluding hydrogens is 449 g/mol. The Morgan fingerprint density at radius 3 is 2.76 bits per heavy atom. The van der Waals surface area contributed by atoms with Crippen molar-refractivity contribution in [2.75, 3.05) is 24.5 Å². The Hall–Kier alpha value is -3.20. The van der Waals surface area contributed by atoms with Crippen LogP contribution in [0.5, 0.6) is 0 Å². The van der Waals surface area contributed by atoms with Crippen LogP contribution >= 0.6 is 11.6 Å². The third-order valence-electron chi connectivity index (χ3n) is 6.08. The first-order chi connectivity index (χ1) is 15.7. The van der Waals surface area contributed by atoms with Gasteiger partial charge in [0.1, 0.15) is 11.4 Å². The standard InChI is InChI=1S/C23H27ClFN5O3/c1-15(5-4-10-26-3)23(21(32)27-22(33)28-23)9-8-20(31)29-11-12-30(16(2)14-29)17-6-7-19(25)18(24)13-17/h4-7,10,13,16H,3,8-9,11-12,14H2,1-2H3,(H2,27,28,32,33)/b10-4-,15-5+/t16-,23?/m0/s1. The summed E-state index contributed by atoms with van der Waals surface area (Å²) in [6.45, 7) is 8.58. The summed E-state index contributed by atoms with van der Waals surface area (Å²) in [6, 6.07) is 3.99. The Balaban J connectivity index is 1.66. The first-order valence-electron chi connectivity index (χ1n) is 10.6. The molecule has 3 rings (SSSR count). The second-order valence-corrected chi connectivity index (χ2v) is 8.58. The lowest BCUT2D eigenvalue weighted by Crippen LogP contribution is -2.54. The second kappa shape index (κ2) is 10.2. The van der Waals surface area contributed by atoms with Crippen molar-refractivity contribution in [2.45, 2.75) is 38.3 Å². The van der Waals surface area contributed by atoms with Crippen LogP contribution in [0.2, 0.25) is 5.02 Å². The van der Waals surface area contributed by atoms with Crippen LogP contribution in [0.3, 0.4) is 0 Å². The van der Waals surface area contributed by atoms with Gasteiger partial charge in [-0.2, -0.15) is 0 Å². The van der Waals surface area contributed by atoms with Crippen LogP contribution in [0.15, 0.2) is 47.1 Å². The van der Waals surface area contributed by atoms with E-state index in [-0.39, 0.29) is 29.8 Å². The van der Waals surface area contributed by atoms with E-state index in [1.54, 1.807) is 36.1 Å². The maximum atomic E-state index is 13.5. The lowest BCUT2D eigenvalue weighted by atomic mass is 9.85. The minimum Gasteiger partial charge on any atom is -0.365 e. The van der Waals surface area contributed by atoms with E-state index in [2.05, 4.69) is 27.2 Å². The van der Waals surface area contributed by atoms with Gasteiger partial charge >= 0.3 is 6.03 Å². The predicted octanol–water partition coefficient (Wildman–Crippen LogP) is 3.04. The molecular formula is C23H27ClFN5O3. The molecule has 0 bridgehead atoms. The van der Waals surface area contributed by atoms with E-state index in [0.717, 1.165) is 5.69 Å². The molecule has 2 N–H and O–H groups in total. The molecule has 8 nitrogen and oxygen atoms in total. The van der Waals surface area contributed by atoms with Crippen molar-refractivity contribution in [1.29, 1.82) is 0 Å². The van der Waals surface area contributed by atoms with Gasteiger partial charge < -0.3 is 15.1 Å². The van der Waals surface area contributed by atoms with Crippen LogP contribution in [0.25, 0.3) is 0 Å². The van der Waals surface area contributed by atoms with E-state index < -0.39 is 23.3 Å². The smallest absolute Gasteiger partial charge is 0.322 e. The number of hydrogen-bond donors (Lipinski definition) is 2. The summed E-state index contributed by atoms with van der Waals surface area (Å²) in [5.74, 6) is -1.07. The second-order valence-electron chi connectivity index (χ2n) is 8.17. The maximum absolute atomic E-state index is 13.5. The van der Waals surface area contributed by atoms with Crippen LogP contribution in [-0.4, -0.2) is 60.7 Å². The number of aliphatic imine (C=N–C) groups is 1. The molecule has 0 spiro atoms. The Morgan fingerprint density at radius 2 is 2.15 bits per heavy atom. The van der Waals surface area contributed by atoms with Crippen molar-refractivity contribution in [2.24, 2.45) is 4.99 Å². The molecule has 10 heteroatoms. The van der Waals surface area contributed by atoms with Gasteiger partial charge in [-0.05, 0) is 56.8 Å². The zero-order chi connectivity index (χ0) is 24.2. The van der Waals surface area contributed by atoms with Crippen molar-refractivity contribution in [3.63, 3.8) is 0 Å². The Morgan fingerprint density at radius 1 is 1.39 bits per heavy atom. The molecule has 1 aromatic carbocycles. The van der Waals surface area contributed by atoms with Crippen molar-refractivity contribution in [1.82, 2.24) is 15.5 Å². The molecule has 2 fully saturated rings. The predicted molar refractivity (Wildman–Crippen MR) is 126 cm³/mol. The molecule has 0 radical (unpaired) electrons. The van der Waals surface area contributed by atoms with E-state index in [0.29, 0.717) is 25.2 Å². The third-order valence-corrected chi connectivity index (χ3v) is 6.37.